The van der Waals surface area contributed by atoms with Gasteiger partial charge in [0.1, 0.15) is 0 Å². The van der Waals surface area contributed by atoms with Gasteiger partial charge in [0.05, 0.1) is 20.3 Å². The van der Waals surface area contributed by atoms with Gasteiger partial charge in [-0.3, -0.25) is 0 Å². The van der Waals surface area contributed by atoms with E-state index in [1.54, 1.807) is 26.6 Å². The number of anilines is 1. The molecule has 5 nitrogen and oxygen atoms in total. The minimum Gasteiger partial charge on any atom is -0.493 e. The SMILES string of the molecule is COc1ccc(C2CCCN2c2ncccn2)cc1OC. The highest BCUT2D eigenvalue weighted by Gasteiger charge is 2.28. The number of methoxy groups -OCH3 is 2. The van der Waals surface area contributed by atoms with Crippen molar-refractivity contribution in [3.05, 3.63) is 42.2 Å². The maximum Gasteiger partial charge on any atom is 0.225 e. The van der Waals surface area contributed by atoms with Crippen LogP contribution in [0.3, 0.4) is 0 Å². The molecule has 2 heterocycles. The van der Waals surface area contributed by atoms with Crippen LogP contribution in [-0.4, -0.2) is 30.7 Å². The minimum atomic E-state index is 0.284. The van der Waals surface area contributed by atoms with Crippen molar-refractivity contribution in [1.82, 2.24) is 9.97 Å². The first-order valence-electron chi connectivity index (χ1n) is 7.09. The Kier molecular flexibility index (Phi) is 3.90. The molecule has 1 atom stereocenters. The number of ether oxygens (including phenoxy) is 2. The highest BCUT2D eigenvalue weighted by Crippen LogP contribution is 2.38. The average molecular weight is 285 g/mol. The zero-order chi connectivity index (χ0) is 14.7. The molecule has 1 aromatic heterocycles. The van der Waals surface area contributed by atoms with Crippen molar-refractivity contribution in [3.63, 3.8) is 0 Å². The molecule has 0 amide bonds. The van der Waals surface area contributed by atoms with Gasteiger partial charge in [-0.2, -0.15) is 0 Å². The van der Waals surface area contributed by atoms with Crippen molar-refractivity contribution in [1.29, 1.82) is 0 Å². The molecular formula is C16H19N3O2. The van der Waals surface area contributed by atoms with Gasteiger partial charge in [0, 0.05) is 18.9 Å². The number of benzene rings is 1. The lowest BCUT2D eigenvalue weighted by Gasteiger charge is -2.25. The summed E-state index contributed by atoms with van der Waals surface area (Å²) in [6.45, 7) is 0.975. The summed E-state index contributed by atoms with van der Waals surface area (Å²) in [6, 6.07) is 8.21. The van der Waals surface area contributed by atoms with Crippen LogP contribution in [-0.2, 0) is 0 Å². The fourth-order valence-electron chi connectivity index (χ4n) is 2.85. The van der Waals surface area contributed by atoms with Crippen LogP contribution in [0.4, 0.5) is 5.95 Å². The summed E-state index contributed by atoms with van der Waals surface area (Å²) >= 11 is 0. The Morgan fingerprint density at radius 3 is 2.57 bits per heavy atom. The predicted molar refractivity (Wildman–Crippen MR) is 80.9 cm³/mol. The van der Waals surface area contributed by atoms with Crippen molar-refractivity contribution >= 4 is 5.95 Å². The highest BCUT2D eigenvalue weighted by molar-refractivity contribution is 5.47. The van der Waals surface area contributed by atoms with Crippen molar-refractivity contribution in [2.75, 3.05) is 25.7 Å². The Hall–Kier alpha value is -2.30. The fraction of sp³-hybridized carbons (Fsp3) is 0.375. The quantitative estimate of drug-likeness (QED) is 0.864. The van der Waals surface area contributed by atoms with E-state index in [4.69, 9.17) is 9.47 Å². The van der Waals surface area contributed by atoms with Crippen molar-refractivity contribution in [2.24, 2.45) is 0 Å². The van der Waals surface area contributed by atoms with Gasteiger partial charge in [0.15, 0.2) is 11.5 Å². The Bertz CT molecular complexity index is 604. The molecule has 1 aromatic carbocycles. The number of aromatic nitrogens is 2. The normalized spacial score (nSPS) is 17.8. The van der Waals surface area contributed by atoms with Gasteiger partial charge in [-0.15, -0.1) is 0 Å². The van der Waals surface area contributed by atoms with Crippen LogP contribution in [0.15, 0.2) is 36.7 Å². The van der Waals surface area contributed by atoms with E-state index in [1.807, 2.05) is 18.2 Å². The van der Waals surface area contributed by atoms with E-state index in [1.165, 1.54) is 5.56 Å². The highest BCUT2D eigenvalue weighted by atomic mass is 16.5. The zero-order valence-electron chi connectivity index (χ0n) is 12.3. The maximum absolute atomic E-state index is 5.40. The molecule has 3 rings (SSSR count). The molecule has 1 unspecified atom stereocenters. The summed E-state index contributed by atoms with van der Waals surface area (Å²) in [5, 5.41) is 0. The molecule has 2 aromatic rings. The van der Waals surface area contributed by atoms with Crippen LogP contribution in [0.1, 0.15) is 24.4 Å². The molecule has 0 spiro atoms. The second-order valence-corrected chi connectivity index (χ2v) is 5.01. The Morgan fingerprint density at radius 1 is 1.10 bits per heavy atom. The first kappa shape index (κ1) is 13.7. The lowest BCUT2D eigenvalue weighted by Crippen LogP contribution is -2.24. The molecule has 1 aliphatic heterocycles. The number of hydrogen-bond donors (Lipinski definition) is 0. The molecule has 110 valence electrons. The second-order valence-electron chi connectivity index (χ2n) is 5.01. The van der Waals surface area contributed by atoms with Gasteiger partial charge in [0.25, 0.3) is 0 Å². The molecular weight excluding hydrogens is 266 g/mol. The molecule has 0 radical (unpaired) electrons. The number of rotatable bonds is 4. The lowest BCUT2D eigenvalue weighted by molar-refractivity contribution is 0.354. The average Bonchev–Trinajstić information content (AvgIpc) is 3.04. The first-order chi connectivity index (χ1) is 10.3. The Morgan fingerprint density at radius 2 is 1.86 bits per heavy atom. The van der Waals surface area contributed by atoms with Gasteiger partial charge in [-0.1, -0.05) is 6.07 Å². The second kappa shape index (κ2) is 5.99. The van der Waals surface area contributed by atoms with Crippen LogP contribution in [0, 0.1) is 0 Å². The fourth-order valence-corrected chi connectivity index (χ4v) is 2.85. The van der Waals surface area contributed by atoms with Crippen LogP contribution < -0.4 is 14.4 Å². The van der Waals surface area contributed by atoms with Gasteiger partial charge >= 0.3 is 0 Å². The van der Waals surface area contributed by atoms with Crippen molar-refractivity contribution in [3.8, 4) is 11.5 Å². The number of hydrogen-bond acceptors (Lipinski definition) is 5. The van der Waals surface area contributed by atoms with Gasteiger partial charge in [0.2, 0.25) is 5.95 Å². The van der Waals surface area contributed by atoms with Gasteiger partial charge < -0.3 is 14.4 Å². The van der Waals surface area contributed by atoms with E-state index in [-0.39, 0.29) is 6.04 Å². The summed E-state index contributed by atoms with van der Waals surface area (Å²) in [5.74, 6) is 2.30. The van der Waals surface area contributed by atoms with E-state index in [9.17, 15) is 0 Å². The summed E-state index contributed by atoms with van der Waals surface area (Å²) in [5.41, 5.74) is 1.21. The molecule has 1 fully saturated rings. The monoisotopic (exact) mass is 285 g/mol. The molecule has 5 heteroatoms. The maximum atomic E-state index is 5.40. The third kappa shape index (κ3) is 2.63. The van der Waals surface area contributed by atoms with Crippen molar-refractivity contribution < 1.29 is 9.47 Å². The van der Waals surface area contributed by atoms with E-state index in [0.29, 0.717) is 0 Å². The third-order valence-corrected chi connectivity index (χ3v) is 3.85. The minimum absolute atomic E-state index is 0.284. The molecule has 0 aliphatic carbocycles. The molecule has 0 saturated carbocycles. The first-order valence-corrected chi connectivity index (χ1v) is 7.09. The summed E-state index contributed by atoms with van der Waals surface area (Å²) in [4.78, 5) is 11.0. The third-order valence-electron chi connectivity index (χ3n) is 3.85. The smallest absolute Gasteiger partial charge is 0.225 e. The van der Waals surface area contributed by atoms with Crippen molar-refractivity contribution in [2.45, 2.75) is 18.9 Å². The van der Waals surface area contributed by atoms with E-state index in [2.05, 4.69) is 20.9 Å². The summed E-state index contributed by atoms with van der Waals surface area (Å²) < 4.78 is 10.7. The van der Waals surface area contributed by atoms with Crippen LogP contribution >= 0.6 is 0 Å². The molecule has 0 bridgehead atoms. The van der Waals surface area contributed by atoms with Crippen LogP contribution in [0.25, 0.3) is 0 Å². The Balaban J connectivity index is 1.92. The summed E-state index contributed by atoms with van der Waals surface area (Å²) in [6.07, 6.45) is 5.80. The lowest BCUT2D eigenvalue weighted by atomic mass is 10.0. The molecule has 1 aliphatic rings. The predicted octanol–water partition coefficient (Wildman–Crippen LogP) is 2.84. The topological polar surface area (TPSA) is 47.5 Å². The molecule has 0 N–H and O–H groups in total. The molecule has 1 saturated heterocycles. The van der Waals surface area contributed by atoms with Crippen LogP contribution in [0.2, 0.25) is 0 Å². The largest absolute Gasteiger partial charge is 0.493 e. The zero-order valence-corrected chi connectivity index (χ0v) is 12.3. The number of nitrogens with zero attached hydrogens (tertiary/aromatic N) is 3. The Labute approximate surface area is 124 Å². The van der Waals surface area contributed by atoms with E-state index < -0.39 is 0 Å². The van der Waals surface area contributed by atoms with Gasteiger partial charge in [-0.25, -0.2) is 9.97 Å². The van der Waals surface area contributed by atoms with E-state index >= 15 is 0 Å². The van der Waals surface area contributed by atoms with Gasteiger partial charge in [-0.05, 0) is 36.6 Å². The summed E-state index contributed by atoms with van der Waals surface area (Å²) in [7, 11) is 3.31. The molecule has 21 heavy (non-hydrogen) atoms. The van der Waals surface area contributed by atoms with E-state index in [0.717, 1.165) is 36.8 Å². The standard InChI is InChI=1S/C16H19N3O2/c1-20-14-7-6-12(11-15(14)21-2)13-5-3-10-19(13)16-17-8-4-9-18-16/h4,6-9,11,13H,3,5,10H2,1-2H3. The van der Waals surface area contributed by atoms with Crippen LogP contribution in [0.5, 0.6) is 11.5 Å².